The third-order valence-corrected chi connectivity index (χ3v) is 4.16. The third kappa shape index (κ3) is 6.18. The van der Waals surface area contributed by atoms with Crippen molar-refractivity contribution in [2.45, 2.75) is 20.4 Å². The lowest BCUT2D eigenvalue weighted by atomic mass is 10.1. The van der Waals surface area contributed by atoms with Crippen LogP contribution in [0.5, 0.6) is 0 Å². The van der Waals surface area contributed by atoms with E-state index in [0.29, 0.717) is 30.9 Å². The molecule has 0 radical (unpaired) electrons. The first-order chi connectivity index (χ1) is 12.8. The third-order valence-electron chi connectivity index (χ3n) is 4.16. The van der Waals surface area contributed by atoms with Gasteiger partial charge in [0.1, 0.15) is 5.82 Å². The van der Waals surface area contributed by atoms with Crippen LogP contribution in [0.3, 0.4) is 0 Å². The van der Waals surface area contributed by atoms with Crippen molar-refractivity contribution in [1.82, 2.24) is 9.80 Å². The van der Waals surface area contributed by atoms with Crippen LogP contribution in [0.25, 0.3) is 0 Å². The molecule has 1 N–H and O–H groups in total. The van der Waals surface area contributed by atoms with Crippen molar-refractivity contribution in [2.75, 3.05) is 32.5 Å². The molecule has 0 spiro atoms. The summed E-state index contributed by atoms with van der Waals surface area (Å²) >= 11 is 0. The van der Waals surface area contributed by atoms with E-state index in [2.05, 4.69) is 5.32 Å². The largest absolute Gasteiger partial charge is 0.333 e. The molecular weight excluding hydrogens is 345 g/mol. The van der Waals surface area contributed by atoms with E-state index in [1.165, 1.54) is 19.1 Å². The second kappa shape index (κ2) is 9.28. The van der Waals surface area contributed by atoms with Crippen molar-refractivity contribution in [3.8, 4) is 0 Å². The number of hydrogen-bond acceptors (Lipinski definition) is 3. The van der Waals surface area contributed by atoms with Gasteiger partial charge in [0.05, 0.1) is 0 Å². The van der Waals surface area contributed by atoms with Crippen LogP contribution in [0.1, 0.15) is 28.4 Å². The number of carbonyl (C=O) groups excluding carboxylic acids is 2. The van der Waals surface area contributed by atoms with E-state index in [-0.39, 0.29) is 17.6 Å². The van der Waals surface area contributed by atoms with Crippen LogP contribution >= 0.6 is 0 Å². The number of anilines is 1. The Bertz CT molecular complexity index is 821. The van der Waals surface area contributed by atoms with Gasteiger partial charge in [0.2, 0.25) is 5.91 Å². The second-order valence-electron chi connectivity index (χ2n) is 6.87. The molecule has 0 atom stereocenters. The fraction of sp³-hybridized carbons (Fsp3) is 0.333. The predicted octanol–water partition coefficient (Wildman–Crippen LogP) is 3.30. The number of aryl methyl sites for hydroxylation is 1. The van der Waals surface area contributed by atoms with Gasteiger partial charge in [0.15, 0.2) is 0 Å². The summed E-state index contributed by atoms with van der Waals surface area (Å²) in [7, 11) is 3.87. The van der Waals surface area contributed by atoms with Crippen molar-refractivity contribution in [3.05, 3.63) is 65.0 Å². The Kier molecular flexibility index (Phi) is 7.07. The Morgan fingerprint density at radius 3 is 2.44 bits per heavy atom. The fourth-order valence-electron chi connectivity index (χ4n) is 2.69. The van der Waals surface area contributed by atoms with Crippen LogP contribution in [0, 0.1) is 12.7 Å². The highest BCUT2D eigenvalue weighted by Crippen LogP contribution is 2.19. The van der Waals surface area contributed by atoms with E-state index in [1.54, 1.807) is 29.2 Å². The number of likely N-dealkylation sites (N-methyl/N-ethyl adjacent to an activating group) is 1. The maximum absolute atomic E-state index is 13.5. The quantitative estimate of drug-likeness (QED) is 0.813. The van der Waals surface area contributed by atoms with E-state index in [4.69, 9.17) is 0 Å². The molecule has 6 heteroatoms. The van der Waals surface area contributed by atoms with Crippen LogP contribution in [-0.2, 0) is 11.3 Å². The van der Waals surface area contributed by atoms with Crippen LogP contribution < -0.4 is 5.32 Å². The molecule has 0 aliphatic carbocycles. The van der Waals surface area contributed by atoms with Gasteiger partial charge in [0.25, 0.3) is 5.91 Å². The monoisotopic (exact) mass is 371 g/mol. The highest BCUT2D eigenvalue weighted by Gasteiger charge is 2.18. The van der Waals surface area contributed by atoms with Gasteiger partial charge in [-0.3, -0.25) is 9.59 Å². The summed E-state index contributed by atoms with van der Waals surface area (Å²) in [5, 5.41) is 2.75. The summed E-state index contributed by atoms with van der Waals surface area (Å²) in [5.41, 5.74) is 2.72. The molecule has 144 valence electrons. The molecule has 0 bridgehead atoms. The van der Waals surface area contributed by atoms with Crippen molar-refractivity contribution in [3.63, 3.8) is 0 Å². The zero-order valence-electron chi connectivity index (χ0n) is 16.3. The average Bonchev–Trinajstić information content (AvgIpc) is 2.59. The normalized spacial score (nSPS) is 10.7. The molecule has 27 heavy (non-hydrogen) atoms. The van der Waals surface area contributed by atoms with Crippen LogP contribution in [0.15, 0.2) is 42.5 Å². The standard InChI is InChI=1S/C21H26FN3O2/c1-15-8-9-18(13-20(15)23-16(2)26)21(27)25(11-10-24(3)4)14-17-6-5-7-19(22)12-17/h5-9,12-13H,10-11,14H2,1-4H3,(H,23,26). The van der Waals surface area contributed by atoms with Gasteiger partial charge in [-0.2, -0.15) is 0 Å². The Hall–Kier alpha value is -2.73. The van der Waals surface area contributed by atoms with Crippen LogP contribution in [0.2, 0.25) is 0 Å². The molecule has 0 saturated carbocycles. The summed E-state index contributed by atoms with van der Waals surface area (Å²) in [6.45, 7) is 4.81. The molecule has 0 aliphatic heterocycles. The molecule has 0 heterocycles. The van der Waals surface area contributed by atoms with Gasteiger partial charge in [-0.05, 0) is 56.4 Å². The smallest absolute Gasteiger partial charge is 0.254 e. The number of nitrogens with one attached hydrogen (secondary N) is 1. The molecule has 0 saturated heterocycles. The minimum atomic E-state index is -0.323. The molecule has 0 unspecified atom stereocenters. The van der Waals surface area contributed by atoms with Gasteiger partial charge >= 0.3 is 0 Å². The van der Waals surface area contributed by atoms with Gasteiger partial charge in [-0.25, -0.2) is 4.39 Å². The highest BCUT2D eigenvalue weighted by atomic mass is 19.1. The van der Waals surface area contributed by atoms with E-state index < -0.39 is 0 Å². The lowest BCUT2D eigenvalue weighted by molar-refractivity contribution is -0.114. The van der Waals surface area contributed by atoms with Crippen molar-refractivity contribution < 1.29 is 14.0 Å². The molecule has 0 fully saturated rings. The zero-order valence-corrected chi connectivity index (χ0v) is 16.3. The topological polar surface area (TPSA) is 52.7 Å². The number of halogens is 1. The van der Waals surface area contributed by atoms with E-state index in [0.717, 1.165) is 11.1 Å². The number of rotatable bonds is 7. The van der Waals surface area contributed by atoms with Crippen LogP contribution in [0.4, 0.5) is 10.1 Å². The fourth-order valence-corrected chi connectivity index (χ4v) is 2.69. The molecule has 5 nitrogen and oxygen atoms in total. The molecule has 2 aromatic rings. The Balaban J connectivity index is 2.28. The van der Waals surface area contributed by atoms with Gasteiger partial charge in [-0.1, -0.05) is 18.2 Å². The van der Waals surface area contributed by atoms with Crippen molar-refractivity contribution in [2.24, 2.45) is 0 Å². The average molecular weight is 371 g/mol. The first-order valence-electron chi connectivity index (χ1n) is 8.83. The van der Waals surface area contributed by atoms with E-state index >= 15 is 0 Å². The molecule has 0 aliphatic rings. The number of benzene rings is 2. The Labute approximate surface area is 159 Å². The number of nitrogens with zero attached hydrogens (tertiary/aromatic N) is 2. The van der Waals surface area contributed by atoms with Crippen molar-refractivity contribution >= 4 is 17.5 Å². The number of carbonyl (C=O) groups is 2. The highest BCUT2D eigenvalue weighted by molar-refractivity contribution is 5.97. The van der Waals surface area contributed by atoms with Gasteiger partial charge in [0, 0.05) is 37.8 Å². The molecule has 2 aromatic carbocycles. The maximum Gasteiger partial charge on any atom is 0.254 e. The molecule has 2 amide bonds. The minimum absolute atomic E-state index is 0.160. The molecule has 2 rings (SSSR count). The molecule has 0 aromatic heterocycles. The summed E-state index contributed by atoms with van der Waals surface area (Å²) in [5.74, 6) is -0.671. The first kappa shape index (κ1) is 20.6. The Morgan fingerprint density at radius 1 is 1.07 bits per heavy atom. The lowest BCUT2D eigenvalue weighted by Gasteiger charge is -2.25. The van der Waals surface area contributed by atoms with Crippen molar-refractivity contribution in [1.29, 1.82) is 0 Å². The SMILES string of the molecule is CC(=O)Nc1cc(C(=O)N(CCN(C)C)Cc2cccc(F)c2)ccc1C. The Morgan fingerprint density at radius 2 is 1.81 bits per heavy atom. The maximum atomic E-state index is 13.5. The van der Waals surface area contributed by atoms with Gasteiger partial charge in [-0.15, -0.1) is 0 Å². The lowest BCUT2D eigenvalue weighted by Crippen LogP contribution is -2.36. The molecular formula is C21H26FN3O2. The first-order valence-corrected chi connectivity index (χ1v) is 8.83. The number of amides is 2. The summed E-state index contributed by atoms with van der Waals surface area (Å²) in [6.07, 6.45) is 0. The summed E-state index contributed by atoms with van der Waals surface area (Å²) < 4.78 is 13.5. The summed E-state index contributed by atoms with van der Waals surface area (Å²) in [6, 6.07) is 11.5. The van der Waals surface area contributed by atoms with Gasteiger partial charge < -0.3 is 15.1 Å². The minimum Gasteiger partial charge on any atom is -0.333 e. The number of hydrogen-bond donors (Lipinski definition) is 1. The zero-order chi connectivity index (χ0) is 20.0. The van der Waals surface area contributed by atoms with E-state index in [1.807, 2.05) is 32.0 Å². The summed E-state index contributed by atoms with van der Waals surface area (Å²) in [4.78, 5) is 28.2. The second-order valence-corrected chi connectivity index (χ2v) is 6.87. The predicted molar refractivity (Wildman–Crippen MR) is 105 cm³/mol. The van der Waals surface area contributed by atoms with Crippen LogP contribution in [-0.4, -0.2) is 48.8 Å². The van der Waals surface area contributed by atoms with E-state index in [9.17, 15) is 14.0 Å².